The van der Waals surface area contributed by atoms with Crippen LogP contribution in [0.4, 0.5) is 5.82 Å². The van der Waals surface area contributed by atoms with Crippen LogP contribution in [-0.2, 0) is 0 Å². The second-order valence-electron chi connectivity index (χ2n) is 5.59. The molecule has 1 N–H and O–H groups in total. The van der Waals surface area contributed by atoms with E-state index < -0.39 is 0 Å². The Morgan fingerprint density at radius 1 is 1.38 bits per heavy atom. The van der Waals surface area contributed by atoms with Crippen molar-refractivity contribution < 1.29 is 0 Å². The first-order valence-corrected chi connectivity index (χ1v) is 8.14. The second kappa shape index (κ2) is 5.11. The van der Waals surface area contributed by atoms with Crippen LogP contribution in [-0.4, -0.2) is 33.3 Å². The Balaban J connectivity index is 1.68. The summed E-state index contributed by atoms with van der Waals surface area (Å²) in [5, 5.41) is 9.36. The molecule has 4 rings (SSSR count). The SMILES string of the molecule is Cc1csc2c(N3CCC[C@H](c4ccn[nH]4)C3)ncnc12. The van der Waals surface area contributed by atoms with Gasteiger partial charge in [-0.25, -0.2) is 9.97 Å². The third kappa shape index (κ3) is 2.19. The first-order valence-electron chi connectivity index (χ1n) is 7.26. The maximum Gasteiger partial charge on any atom is 0.150 e. The fourth-order valence-corrected chi connectivity index (χ4v) is 4.12. The number of hydrogen-bond acceptors (Lipinski definition) is 5. The smallest absolute Gasteiger partial charge is 0.150 e. The zero-order valence-electron chi connectivity index (χ0n) is 11.9. The second-order valence-corrected chi connectivity index (χ2v) is 6.47. The highest BCUT2D eigenvalue weighted by Crippen LogP contribution is 2.34. The van der Waals surface area contributed by atoms with Crippen molar-refractivity contribution in [2.45, 2.75) is 25.7 Å². The van der Waals surface area contributed by atoms with Gasteiger partial charge in [-0.05, 0) is 36.8 Å². The quantitative estimate of drug-likeness (QED) is 0.790. The molecule has 108 valence electrons. The van der Waals surface area contributed by atoms with Gasteiger partial charge in [-0.3, -0.25) is 5.10 Å². The minimum atomic E-state index is 0.507. The van der Waals surface area contributed by atoms with Crippen molar-refractivity contribution in [3.8, 4) is 0 Å². The number of hydrogen-bond donors (Lipinski definition) is 1. The van der Waals surface area contributed by atoms with E-state index in [-0.39, 0.29) is 0 Å². The van der Waals surface area contributed by atoms with Crippen molar-refractivity contribution in [1.82, 2.24) is 20.2 Å². The molecule has 3 aromatic rings. The number of nitrogens with zero attached hydrogens (tertiary/aromatic N) is 4. The van der Waals surface area contributed by atoms with Crippen molar-refractivity contribution in [3.05, 3.63) is 35.2 Å². The van der Waals surface area contributed by atoms with Gasteiger partial charge in [0.25, 0.3) is 0 Å². The average molecular weight is 299 g/mol. The first kappa shape index (κ1) is 12.8. The largest absolute Gasteiger partial charge is 0.355 e. The van der Waals surface area contributed by atoms with Gasteiger partial charge >= 0.3 is 0 Å². The van der Waals surface area contributed by atoms with Gasteiger partial charge < -0.3 is 4.90 Å². The number of aromatic amines is 1. The molecule has 1 atom stereocenters. The highest BCUT2D eigenvalue weighted by atomic mass is 32.1. The zero-order valence-corrected chi connectivity index (χ0v) is 12.7. The monoisotopic (exact) mass is 299 g/mol. The van der Waals surface area contributed by atoms with Crippen molar-refractivity contribution in [1.29, 1.82) is 0 Å². The molecule has 1 fully saturated rings. The fourth-order valence-electron chi connectivity index (χ4n) is 3.10. The highest BCUT2D eigenvalue weighted by Gasteiger charge is 2.25. The molecule has 5 nitrogen and oxygen atoms in total. The minimum Gasteiger partial charge on any atom is -0.355 e. The van der Waals surface area contributed by atoms with Gasteiger partial charge in [0.2, 0.25) is 0 Å². The van der Waals surface area contributed by atoms with E-state index in [2.05, 4.69) is 43.4 Å². The summed E-state index contributed by atoms with van der Waals surface area (Å²) >= 11 is 1.75. The Morgan fingerprint density at radius 3 is 3.19 bits per heavy atom. The van der Waals surface area contributed by atoms with E-state index in [1.165, 1.54) is 28.8 Å². The molecule has 6 heteroatoms. The predicted molar refractivity (Wildman–Crippen MR) is 84.9 cm³/mol. The molecule has 3 aromatic heterocycles. The van der Waals surface area contributed by atoms with Crippen LogP contribution in [0, 0.1) is 6.92 Å². The number of H-pyrrole nitrogens is 1. The molecule has 1 aliphatic heterocycles. The Kier molecular flexibility index (Phi) is 3.11. The van der Waals surface area contributed by atoms with Gasteiger partial charge in [0, 0.05) is 30.9 Å². The number of thiophene rings is 1. The van der Waals surface area contributed by atoms with E-state index in [0.29, 0.717) is 5.92 Å². The number of fused-ring (bicyclic) bond motifs is 1. The van der Waals surface area contributed by atoms with Crippen molar-refractivity contribution in [2.24, 2.45) is 0 Å². The molecule has 0 radical (unpaired) electrons. The lowest BCUT2D eigenvalue weighted by Gasteiger charge is -2.33. The van der Waals surface area contributed by atoms with E-state index in [1.807, 2.05) is 6.20 Å². The van der Waals surface area contributed by atoms with Crippen LogP contribution in [0.3, 0.4) is 0 Å². The van der Waals surface area contributed by atoms with Crippen LogP contribution < -0.4 is 4.90 Å². The van der Waals surface area contributed by atoms with Crippen LogP contribution in [0.5, 0.6) is 0 Å². The molecule has 0 saturated carbocycles. The van der Waals surface area contributed by atoms with E-state index in [1.54, 1.807) is 17.7 Å². The summed E-state index contributed by atoms with van der Waals surface area (Å²) in [5.41, 5.74) is 3.56. The number of rotatable bonds is 2. The van der Waals surface area contributed by atoms with Crippen LogP contribution in [0.1, 0.15) is 30.0 Å². The molecule has 0 aromatic carbocycles. The Bertz CT molecular complexity index is 749. The lowest BCUT2D eigenvalue weighted by Crippen LogP contribution is -2.35. The van der Waals surface area contributed by atoms with E-state index >= 15 is 0 Å². The normalized spacial score (nSPS) is 19.3. The number of aromatic nitrogens is 4. The zero-order chi connectivity index (χ0) is 14.2. The number of anilines is 1. The van der Waals surface area contributed by atoms with E-state index in [4.69, 9.17) is 0 Å². The lowest BCUT2D eigenvalue weighted by molar-refractivity contribution is 0.499. The summed E-state index contributed by atoms with van der Waals surface area (Å²) in [5.74, 6) is 1.59. The summed E-state index contributed by atoms with van der Waals surface area (Å²) in [7, 11) is 0. The highest BCUT2D eigenvalue weighted by molar-refractivity contribution is 7.18. The molecule has 4 heterocycles. The Morgan fingerprint density at radius 2 is 2.33 bits per heavy atom. The van der Waals surface area contributed by atoms with Crippen LogP contribution in [0.2, 0.25) is 0 Å². The predicted octanol–water partition coefficient (Wildman–Crippen LogP) is 3.11. The van der Waals surface area contributed by atoms with E-state index in [0.717, 1.165) is 24.4 Å². The molecule has 0 amide bonds. The first-order chi connectivity index (χ1) is 10.3. The van der Waals surface area contributed by atoms with Gasteiger partial charge in [-0.1, -0.05) is 0 Å². The molecular weight excluding hydrogens is 282 g/mol. The van der Waals surface area contributed by atoms with Crippen molar-refractivity contribution in [3.63, 3.8) is 0 Å². The van der Waals surface area contributed by atoms with Gasteiger partial charge in [0.15, 0.2) is 0 Å². The Labute approximate surface area is 127 Å². The van der Waals surface area contributed by atoms with Gasteiger partial charge in [0.1, 0.15) is 12.1 Å². The van der Waals surface area contributed by atoms with Crippen molar-refractivity contribution in [2.75, 3.05) is 18.0 Å². The molecule has 1 aliphatic rings. The topological polar surface area (TPSA) is 57.7 Å². The summed E-state index contributed by atoms with van der Waals surface area (Å²) in [6.45, 7) is 4.16. The van der Waals surface area contributed by atoms with Crippen LogP contribution in [0.25, 0.3) is 10.2 Å². The summed E-state index contributed by atoms with van der Waals surface area (Å²) in [6.07, 6.45) is 5.91. The van der Waals surface area contributed by atoms with Gasteiger partial charge in [-0.15, -0.1) is 11.3 Å². The third-order valence-electron chi connectivity index (χ3n) is 4.20. The molecule has 0 bridgehead atoms. The van der Waals surface area contributed by atoms with Gasteiger partial charge in [0.05, 0.1) is 10.2 Å². The molecule has 0 aliphatic carbocycles. The molecule has 0 spiro atoms. The van der Waals surface area contributed by atoms with Gasteiger partial charge in [-0.2, -0.15) is 5.10 Å². The average Bonchev–Trinajstić information content (AvgIpc) is 3.18. The standard InChI is InChI=1S/C15H17N5S/c1-10-8-21-14-13(10)16-9-17-15(14)20-6-2-3-11(7-20)12-4-5-18-19-12/h4-5,8-9,11H,2-3,6-7H2,1H3,(H,18,19)/t11-/m0/s1. The number of piperidine rings is 1. The van der Waals surface area contributed by atoms with Crippen LogP contribution >= 0.6 is 11.3 Å². The summed E-state index contributed by atoms with van der Waals surface area (Å²) in [4.78, 5) is 11.4. The van der Waals surface area contributed by atoms with Crippen molar-refractivity contribution >= 4 is 27.4 Å². The summed E-state index contributed by atoms with van der Waals surface area (Å²) < 4.78 is 1.21. The molecule has 1 saturated heterocycles. The van der Waals surface area contributed by atoms with E-state index in [9.17, 15) is 0 Å². The number of aryl methyl sites for hydroxylation is 1. The molecule has 21 heavy (non-hydrogen) atoms. The maximum atomic E-state index is 4.56. The summed E-state index contributed by atoms with van der Waals surface area (Å²) in [6, 6.07) is 2.08. The molecule has 0 unspecified atom stereocenters. The lowest BCUT2D eigenvalue weighted by atomic mass is 9.95. The fraction of sp³-hybridized carbons (Fsp3) is 0.400. The molecular formula is C15H17N5S. The third-order valence-corrected chi connectivity index (χ3v) is 5.28. The maximum absolute atomic E-state index is 4.56. The Hall–Kier alpha value is -1.95. The number of nitrogens with one attached hydrogen (secondary N) is 1. The minimum absolute atomic E-state index is 0.507. The van der Waals surface area contributed by atoms with Crippen LogP contribution in [0.15, 0.2) is 24.0 Å².